The quantitative estimate of drug-likeness (QED) is 0.182. The highest BCUT2D eigenvalue weighted by molar-refractivity contribution is 7.92. The highest BCUT2D eigenvalue weighted by Crippen LogP contribution is 2.29. The molecule has 0 bridgehead atoms. The Bertz CT molecular complexity index is 1540. The van der Waals surface area contributed by atoms with Gasteiger partial charge in [0.1, 0.15) is 11.5 Å². The highest BCUT2D eigenvalue weighted by Gasteiger charge is 2.21. The molecule has 15 heteroatoms. The average molecular weight is 587 g/mol. The second-order valence-corrected chi connectivity index (χ2v) is 10.3. The third-order valence-electron chi connectivity index (χ3n) is 5.42. The molecule has 0 spiro atoms. The van der Waals surface area contributed by atoms with Crippen molar-refractivity contribution in [2.24, 2.45) is 0 Å². The van der Waals surface area contributed by atoms with Gasteiger partial charge in [0.25, 0.3) is 21.6 Å². The van der Waals surface area contributed by atoms with Gasteiger partial charge in [0.05, 0.1) is 28.3 Å². The molecule has 0 aromatic heterocycles. The maximum Gasteiger partial charge on any atom is 0.344 e. The number of hydrogen-bond acceptors (Lipinski definition) is 10. The lowest BCUT2D eigenvalue weighted by Gasteiger charge is -2.20. The zero-order chi connectivity index (χ0) is 30.2. The number of non-ortho nitro benzene ring substituents is 1. The predicted octanol–water partition coefficient (Wildman–Crippen LogP) is 2.95. The molecule has 0 aliphatic rings. The van der Waals surface area contributed by atoms with Gasteiger partial charge in [0.2, 0.25) is 5.91 Å². The van der Waals surface area contributed by atoms with Crippen molar-refractivity contribution in [2.75, 3.05) is 42.3 Å². The van der Waals surface area contributed by atoms with Crippen molar-refractivity contribution in [2.45, 2.75) is 11.8 Å². The smallest absolute Gasteiger partial charge is 0.344 e. The van der Waals surface area contributed by atoms with Crippen LogP contribution in [-0.4, -0.2) is 58.5 Å². The van der Waals surface area contributed by atoms with Crippen LogP contribution in [0.2, 0.25) is 0 Å². The van der Waals surface area contributed by atoms with Crippen LogP contribution in [0.15, 0.2) is 71.6 Å². The van der Waals surface area contributed by atoms with Gasteiger partial charge < -0.3 is 24.8 Å². The minimum atomic E-state index is -3.90. The van der Waals surface area contributed by atoms with Gasteiger partial charge in [0.15, 0.2) is 13.2 Å². The molecule has 0 aliphatic heterocycles. The summed E-state index contributed by atoms with van der Waals surface area (Å²) in [5, 5.41) is 15.9. The molecule has 0 atom stereocenters. The van der Waals surface area contributed by atoms with Crippen molar-refractivity contribution in [1.82, 2.24) is 0 Å². The third-order valence-corrected chi connectivity index (χ3v) is 7.22. The summed E-state index contributed by atoms with van der Waals surface area (Å²) in [7, 11) is -1.20. The zero-order valence-electron chi connectivity index (χ0n) is 22.2. The summed E-state index contributed by atoms with van der Waals surface area (Å²) in [5.74, 6) is -1.48. The van der Waals surface area contributed by atoms with E-state index in [1.54, 1.807) is 0 Å². The number of rotatable bonds is 12. The van der Waals surface area contributed by atoms with Crippen molar-refractivity contribution in [3.8, 4) is 11.5 Å². The minimum Gasteiger partial charge on any atom is -0.495 e. The van der Waals surface area contributed by atoms with E-state index >= 15 is 0 Å². The first-order chi connectivity index (χ1) is 19.4. The fraction of sp³-hybridized carbons (Fsp3) is 0.192. The zero-order valence-corrected chi connectivity index (χ0v) is 23.0. The first-order valence-electron chi connectivity index (χ1n) is 11.8. The Morgan fingerprint density at radius 2 is 1.61 bits per heavy atom. The molecule has 216 valence electrons. The van der Waals surface area contributed by atoms with Crippen molar-refractivity contribution >= 4 is 50.6 Å². The Balaban J connectivity index is 1.52. The standard InChI is InChI=1S/C26H26N4O10S/c1-17(31)27-18-4-11-22(12-5-18)41(36,37)29(2)19-6-9-21(10-7-19)39-16-26(33)40-15-25(32)28-23-14-20(30(34)35)8-13-24(23)38-3/h4-14H,15-16H2,1-3H3,(H,27,31)(H,28,32). The van der Waals surface area contributed by atoms with E-state index in [1.807, 2.05) is 0 Å². The van der Waals surface area contributed by atoms with Crippen LogP contribution < -0.4 is 24.4 Å². The second kappa shape index (κ2) is 13.3. The van der Waals surface area contributed by atoms with Crippen molar-refractivity contribution in [1.29, 1.82) is 0 Å². The third kappa shape index (κ3) is 8.15. The monoisotopic (exact) mass is 586 g/mol. The summed E-state index contributed by atoms with van der Waals surface area (Å²) in [6.45, 7) is 0.125. The topological polar surface area (TPSA) is 183 Å². The lowest BCUT2D eigenvalue weighted by Crippen LogP contribution is -2.26. The van der Waals surface area contributed by atoms with Crippen LogP contribution >= 0.6 is 0 Å². The molecule has 2 N–H and O–H groups in total. The van der Waals surface area contributed by atoms with Crippen LogP contribution in [0.25, 0.3) is 0 Å². The second-order valence-electron chi connectivity index (χ2n) is 8.31. The number of methoxy groups -OCH3 is 1. The van der Waals surface area contributed by atoms with Gasteiger partial charge in [0, 0.05) is 31.8 Å². The number of nitrogens with zero attached hydrogens (tertiary/aromatic N) is 2. The summed E-state index contributed by atoms with van der Waals surface area (Å²) < 4.78 is 42.3. The molecule has 0 saturated carbocycles. The number of nitro groups is 1. The Morgan fingerprint density at radius 1 is 0.951 bits per heavy atom. The van der Waals surface area contributed by atoms with Gasteiger partial charge in [-0.1, -0.05) is 0 Å². The molecule has 14 nitrogen and oxygen atoms in total. The van der Waals surface area contributed by atoms with E-state index in [9.17, 15) is 32.9 Å². The molecule has 0 saturated heterocycles. The lowest BCUT2D eigenvalue weighted by atomic mass is 10.2. The van der Waals surface area contributed by atoms with Gasteiger partial charge in [-0.05, 0) is 54.6 Å². The molecular formula is C26H26N4O10S. The molecule has 2 amide bonds. The molecular weight excluding hydrogens is 560 g/mol. The van der Waals surface area contributed by atoms with Gasteiger partial charge in [-0.3, -0.25) is 24.0 Å². The summed E-state index contributed by atoms with van der Waals surface area (Å²) in [5.41, 5.74) is 0.549. The number of amides is 2. The van der Waals surface area contributed by atoms with Crippen molar-refractivity contribution < 1.29 is 41.9 Å². The van der Waals surface area contributed by atoms with Crippen LogP contribution in [0.4, 0.5) is 22.7 Å². The minimum absolute atomic E-state index is 0.0187. The number of esters is 1. The summed E-state index contributed by atoms with van der Waals surface area (Å²) in [6.07, 6.45) is 0. The van der Waals surface area contributed by atoms with E-state index in [4.69, 9.17) is 14.2 Å². The first-order valence-corrected chi connectivity index (χ1v) is 13.2. The van der Waals surface area contributed by atoms with Crippen LogP contribution in [0.5, 0.6) is 11.5 Å². The van der Waals surface area contributed by atoms with E-state index in [0.29, 0.717) is 11.4 Å². The highest BCUT2D eigenvalue weighted by atomic mass is 32.2. The summed E-state index contributed by atoms with van der Waals surface area (Å²) in [4.78, 5) is 45.7. The number of nitrogens with one attached hydrogen (secondary N) is 2. The van der Waals surface area contributed by atoms with Gasteiger partial charge >= 0.3 is 5.97 Å². The lowest BCUT2D eigenvalue weighted by molar-refractivity contribution is -0.384. The SMILES string of the molecule is COc1ccc([N+](=O)[O-])cc1NC(=O)COC(=O)COc1ccc(N(C)S(=O)(=O)c2ccc(NC(C)=O)cc2)cc1. The number of carbonyl (C=O) groups is 3. The van der Waals surface area contributed by atoms with Crippen LogP contribution in [0.3, 0.4) is 0 Å². The molecule has 0 fully saturated rings. The van der Waals surface area contributed by atoms with Gasteiger partial charge in [-0.15, -0.1) is 0 Å². The number of hydrogen-bond donors (Lipinski definition) is 2. The largest absolute Gasteiger partial charge is 0.495 e. The Kier molecular flexibility index (Phi) is 9.81. The van der Waals surface area contributed by atoms with Gasteiger partial charge in [-0.25, -0.2) is 13.2 Å². The summed E-state index contributed by atoms with van der Waals surface area (Å²) in [6, 6.07) is 15.2. The van der Waals surface area contributed by atoms with E-state index in [-0.39, 0.29) is 33.7 Å². The molecule has 0 radical (unpaired) electrons. The molecule has 41 heavy (non-hydrogen) atoms. The van der Waals surface area contributed by atoms with Crippen molar-refractivity contribution in [3.05, 3.63) is 76.8 Å². The van der Waals surface area contributed by atoms with Crippen LogP contribution in [0, 0.1) is 10.1 Å². The van der Waals surface area contributed by atoms with E-state index in [2.05, 4.69) is 10.6 Å². The number of carbonyl (C=O) groups excluding carboxylic acids is 3. The maximum atomic E-state index is 13.0. The molecule has 3 rings (SSSR count). The normalized spacial score (nSPS) is 10.7. The van der Waals surface area contributed by atoms with Crippen LogP contribution in [0.1, 0.15) is 6.92 Å². The van der Waals surface area contributed by atoms with Crippen molar-refractivity contribution in [3.63, 3.8) is 0 Å². The maximum absolute atomic E-state index is 13.0. The van der Waals surface area contributed by atoms with E-state index in [1.165, 1.54) is 81.7 Å². The number of anilines is 3. The van der Waals surface area contributed by atoms with E-state index in [0.717, 1.165) is 10.4 Å². The Morgan fingerprint density at radius 3 is 2.20 bits per heavy atom. The molecule has 0 unspecified atom stereocenters. The Hall–Kier alpha value is -5.18. The summed E-state index contributed by atoms with van der Waals surface area (Å²) >= 11 is 0. The number of sulfonamides is 1. The molecule has 0 aliphatic carbocycles. The number of ether oxygens (including phenoxy) is 3. The first kappa shape index (κ1) is 30.4. The predicted molar refractivity (Wildman–Crippen MR) is 148 cm³/mol. The fourth-order valence-electron chi connectivity index (χ4n) is 3.39. The van der Waals surface area contributed by atoms with Gasteiger partial charge in [-0.2, -0.15) is 0 Å². The molecule has 3 aromatic rings. The number of nitro benzene ring substituents is 1. The molecule has 0 heterocycles. The number of benzene rings is 3. The van der Waals surface area contributed by atoms with Crippen LogP contribution in [-0.2, 0) is 29.1 Å². The Labute approximate surface area is 235 Å². The fourth-order valence-corrected chi connectivity index (χ4v) is 4.58. The average Bonchev–Trinajstić information content (AvgIpc) is 2.94. The molecule has 3 aromatic carbocycles. The van der Waals surface area contributed by atoms with E-state index < -0.39 is 40.0 Å².